The molecule has 14 heteroatoms. The van der Waals surface area contributed by atoms with E-state index in [0.29, 0.717) is 12.8 Å². The molecule has 9 N–H and O–H groups in total. The normalized spacial score (nSPS) is 23.9. The fraction of sp³-hybridized carbons (Fsp3) is 0.928. The van der Waals surface area contributed by atoms with Crippen LogP contribution >= 0.6 is 0 Å². The highest BCUT2D eigenvalue weighted by molar-refractivity contribution is 5.76. The molecule has 2 fully saturated rings. The summed E-state index contributed by atoms with van der Waals surface area (Å²) in [5.74, 6) is -0.242. The van der Waals surface area contributed by atoms with Crippen LogP contribution in [0.2, 0.25) is 0 Å². The summed E-state index contributed by atoms with van der Waals surface area (Å²) in [5.41, 5.74) is 0. The molecule has 490 valence electrons. The lowest BCUT2D eigenvalue weighted by molar-refractivity contribution is -0.359. The molecule has 0 radical (unpaired) electrons. The molecule has 12 unspecified atom stereocenters. The average Bonchev–Trinajstić information content (AvgIpc) is 3.65. The van der Waals surface area contributed by atoms with E-state index in [-0.39, 0.29) is 18.9 Å². The van der Waals surface area contributed by atoms with Crippen LogP contribution < -0.4 is 5.32 Å². The quantitative estimate of drug-likeness (QED) is 0.0204. The summed E-state index contributed by atoms with van der Waals surface area (Å²) in [6.07, 6.45) is 51.0. The van der Waals surface area contributed by atoms with Gasteiger partial charge in [-0.2, -0.15) is 0 Å². The first-order valence-corrected chi connectivity index (χ1v) is 35.1. The van der Waals surface area contributed by atoms with E-state index < -0.39 is 86.8 Å². The molecule has 1 amide bonds. The fourth-order valence-electron chi connectivity index (χ4n) is 11.8. The highest BCUT2D eigenvalue weighted by Gasteiger charge is 2.51. The number of allylic oxidation sites excluding steroid dienone is 3. The number of aliphatic hydroxyl groups is 8. The zero-order chi connectivity index (χ0) is 60.2. The van der Waals surface area contributed by atoms with Crippen LogP contribution in [0.25, 0.3) is 0 Å². The van der Waals surface area contributed by atoms with Gasteiger partial charge in [0.15, 0.2) is 12.6 Å². The third-order valence-electron chi connectivity index (χ3n) is 17.4. The Morgan fingerprint density at radius 1 is 0.422 bits per heavy atom. The number of amides is 1. The second-order valence-electron chi connectivity index (χ2n) is 25.0. The predicted molar refractivity (Wildman–Crippen MR) is 337 cm³/mol. The number of carbonyl (C=O) groups excluding carboxylic acids is 1. The van der Waals surface area contributed by atoms with Crippen LogP contribution in [0.3, 0.4) is 0 Å². The number of hydrogen-bond donors (Lipinski definition) is 9. The first kappa shape index (κ1) is 77.6. The molecule has 2 saturated heterocycles. The van der Waals surface area contributed by atoms with Gasteiger partial charge < -0.3 is 65.1 Å². The Bertz CT molecular complexity index is 1490. The van der Waals surface area contributed by atoms with Gasteiger partial charge in [-0.05, 0) is 32.1 Å². The smallest absolute Gasteiger partial charge is 0.220 e. The van der Waals surface area contributed by atoms with Crippen LogP contribution in [-0.4, -0.2) is 140 Å². The second-order valence-corrected chi connectivity index (χ2v) is 25.0. The number of carbonyl (C=O) groups is 1. The number of unbranched alkanes of at least 4 members (excludes halogenated alkanes) is 43. The highest BCUT2D eigenvalue weighted by atomic mass is 16.7. The standard InChI is InChI=1S/C69H131NO13/c1-3-5-7-9-11-13-15-17-19-21-23-24-25-26-27-28-29-30-31-32-33-35-37-39-41-43-45-47-49-51-53-61(74)70-57(58(73)52-50-48-46-44-42-40-38-36-34-22-20-18-16-14-12-10-8-6-4-2)56-80-68-66(79)64(77)67(60(55-72)82-68)83-69-65(78)63(76)62(75)59(54-71)81-69/h42,44,50,52,57-60,62-69,71-73,75-79H,3-41,43,45-49,51,53-56H2,1-2H3,(H,70,74)/b44-42+,52-50+. The van der Waals surface area contributed by atoms with E-state index in [2.05, 4.69) is 31.3 Å². The minimum Gasteiger partial charge on any atom is -0.394 e. The molecule has 83 heavy (non-hydrogen) atoms. The summed E-state index contributed by atoms with van der Waals surface area (Å²) < 4.78 is 22.8. The maximum Gasteiger partial charge on any atom is 0.220 e. The van der Waals surface area contributed by atoms with E-state index in [9.17, 15) is 45.6 Å². The van der Waals surface area contributed by atoms with Crippen molar-refractivity contribution in [2.75, 3.05) is 19.8 Å². The van der Waals surface area contributed by atoms with Crippen LogP contribution in [0, 0.1) is 0 Å². The van der Waals surface area contributed by atoms with Crippen molar-refractivity contribution in [3.63, 3.8) is 0 Å². The Morgan fingerprint density at radius 2 is 0.771 bits per heavy atom. The van der Waals surface area contributed by atoms with Crippen molar-refractivity contribution in [3.8, 4) is 0 Å². The Labute approximate surface area is 507 Å². The highest BCUT2D eigenvalue weighted by Crippen LogP contribution is 2.30. The summed E-state index contributed by atoms with van der Waals surface area (Å²) >= 11 is 0. The maximum atomic E-state index is 13.3. The molecule has 0 aliphatic carbocycles. The molecule has 2 aliphatic heterocycles. The predicted octanol–water partition coefficient (Wildman–Crippen LogP) is 14.0. The molecule has 14 nitrogen and oxygen atoms in total. The minimum atomic E-state index is -1.79. The largest absolute Gasteiger partial charge is 0.394 e. The van der Waals surface area contributed by atoms with Gasteiger partial charge in [0.05, 0.1) is 32.0 Å². The minimum absolute atomic E-state index is 0.242. The van der Waals surface area contributed by atoms with Crippen LogP contribution in [0.15, 0.2) is 24.3 Å². The molecule has 0 aromatic carbocycles. The second kappa shape index (κ2) is 54.6. The monoisotopic (exact) mass is 1180 g/mol. The van der Waals surface area contributed by atoms with Gasteiger partial charge >= 0.3 is 0 Å². The summed E-state index contributed by atoms with van der Waals surface area (Å²) in [4.78, 5) is 13.3. The molecule has 12 atom stereocenters. The van der Waals surface area contributed by atoms with Crippen molar-refractivity contribution in [1.29, 1.82) is 0 Å². The van der Waals surface area contributed by atoms with Gasteiger partial charge in [-0.25, -0.2) is 0 Å². The first-order chi connectivity index (χ1) is 40.6. The van der Waals surface area contributed by atoms with Crippen molar-refractivity contribution < 1.29 is 64.6 Å². The molecule has 0 spiro atoms. The van der Waals surface area contributed by atoms with Crippen molar-refractivity contribution in [1.82, 2.24) is 5.32 Å². The number of ether oxygens (including phenoxy) is 4. The van der Waals surface area contributed by atoms with Gasteiger partial charge in [0.25, 0.3) is 0 Å². The molecular formula is C69H131NO13. The molecule has 0 aromatic rings. The molecule has 2 aliphatic rings. The Kier molecular flexibility index (Phi) is 51.0. The van der Waals surface area contributed by atoms with Crippen molar-refractivity contribution in [2.24, 2.45) is 0 Å². The summed E-state index contributed by atoms with van der Waals surface area (Å²) in [6.45, 7) is 2.83. The zero-order valence-electron chi connectivity index (χ0n) is 53.2. The third-order valence-corrected chi connectivity index (χ3v) is 17.4. The Hall–Kier alpha value is -1.53. The summed E-state index contributed by atoms with van der Waals surface area (Å²) in [6, 6.07) is -0.929. The van der Waals surface area contributed by atoms with Gasteiger partial charge in [-0.3, -0.25) is 4.79 Å². The Morgan fingerprint density at radius 3 is 1.18 bits per heavy atom. The van der Waals surface area contributed by atoms with Gasteiger partial charge in [-0.1, -0.05) is 301 Å². The van der Waals surface area contributed by atoms with Crippen LogP contribution in [0.5, 0.6) is 0 Å². The molecular weight excluding hydrogens is 1050 g/mol. The van der Waals surface area contributed by atoms with Gasteiger partial charge in [0.1, 0.15) is 48.8 Å². The number of nitrogens with one attached hydrogen (secondary N) is 1. The van der Waals surface area contributed by atoms with E-state index in [4.69, 9.17) is 18.9 Å². The number of rotatable bonds is 58. The third kappa shape index (κ3) is 39.2. The fourth-order valence-corrected chi connectivity index (χ4v) is 11.8. The molecule has 0 aromatic heterocycles. The first-order valence-electron chi connectivity index (χ1n) is 35.1. The van der Waals surface area contributed by atoms with Crippen LogP contribution in [-0.2, 0) is 23.7 Å². The zero-order valence-corrected chi connectivity index (χ0v) is 53.2. The Balaban J connectivity index is 1.66. The van der Waals surface area contributed by atoms with E-state index in [1.54, 1.807) is 6.08 Å². The van der Waals surface area contributed by atoms with E-state index in [1.165, 1.54) is 250 Å². The molecule has 2 rings (SSSR count). The van der Waals surface area contributed by atoms with Crippen molar-refractivity contribution in [2.45, 2.75) is 389 Å². The van der Waals surface area contributed by atoms with Crippen LogP contribution in [0.1, 0.15) is 316 Å². The van der Waals surface area contributed by atoms with E-state index >= 15 is 0 Å². The SMILES string of the molecule is CCCCCCCCCCCCCCC/C=C/CC/C=C/C(O)C(COC1OC(CO)C(OC2OC(CO)C(O)C(O)C2O)C(O)C1O)NC(=O)CCCCCCCCCCCCCCCCCCCCCCCCCCCCCCCC. The van der Waals surface area contributed by atoms with E-state index in [1.807, 2.05) is 6.08 Å². The number of aliphatic hydroxyl groups excluding tert-OH is 8. The van der Waals surface area contributed by atoms with Crippen molar-refractivity contribution in [3.05, 3.63) is 24.3 Å². The molecule has 0 saturated carbocycles. The summed E-state index contributed by atoms with van der Waals surface area (Å²) in [7, 11) is 0. The lowest BCUT2D eigenvalue weighted by Crippen LogP contribution is -2.65. The van der Waals surface area contributed by atoms with Crippen molar-refractivity contribution >= 4 is 5.91 Å². The van der Waals surface area contributed by atoms with Crippen LogP contribution in [0.4, 0.5) is 0 Å². The average molecular weight is 1180 g/mol. The lowest BCUT2D eigenvalue weighted by Gasteiger charge is -2.46. The topological polar surface area (TPSA) is 228 Å². The van der Waals surface area contributed by atoms with Gasteiger partial charge in [0.2, 0.25) is 5.91 Å². The maximum absolute atomic E-state index is 13.3. The number of hydrogen-bond acceptors (Lipinski definition) is 13. The molecule has 2 heterocycles. The summed E-state index contributed by atoms with van der Waals surface area (Å²) in [5, 5.41) is 87.3. The lowest BCUT2D eigenvalue weighted by atomic mass is 9.97. The molecule has 0 bridgehead atoms. The van der Waals surface area contributed by atoms with E-state index in [0.717, 1.165) is 32.1 Å². The van der Waals surface area contributed by atoms with Gasteiger partial charge in [-0.15, -0.1) is 0 Å². The van der Waals surface area contributed by atoms with Gasteiger partial charge in [0, 0.05) is 6.42 Å².